The summed E-state index contributed by atoms with van der Waals surface area (Å²) in [6.07, 6.45) is 9.33. The molecule has 0 spiro atoms. The van der Waals surface area contributed by atoms with Crippen LogP contribution in [0.25, 0.3) is 10.6 Å². The Kier molecular flexibility index (Phi) is 6.86. The summed E-state index contributed by atoms with van der Waals surface area (Å²) >= 11 is 7.57. The lowest BCUT2D eigenvalue weighted by atomic mass is 9.96. The summed E-state index contributed by atoms with van der Waals surface area (Å²) in [5.74, 6) is 0. The fourth-order valence-electron chi connectivity index (χ4n) is 3.62. The molecule has 10 heteroatoms. The SMILES string of the molecule is Cn1nc(-c2cnccc2CNS(=O)(=O)c2ccccc2Cl)sc1=NC1CCCCC1. The third-order valence-electron chi connectivity index (χ3n) is 5.29. The minimum absolute atomic E-state index is 0.0569. The van der Waals surface area contributed by atoms with Crippen molar-refractivity contribution in [2.24, 2.45) is 12.0 Å². The van der Waals surface area contributed by atoms with Crippen LogP contribution in [0.3, 0.4) is 0 Å². The number of aryl methyl sites for hydroxylation is 1. The molecule has 2 heterocycles. The molecule has 1 saturated carbocycles. The molecule has 0 unspecified atom stereocenters. The average Bonchev–Trinajstić information content (AvgIpc) is 3.13. The van der Waals surface area contributed by atoms with Gasteiger partial charge in [0.2, 0.25) is 14.8 Å². The van der Waals surface area contributed by atoms with E-state index in [0.717, 1.165) is 33.8 Å². The molecule has 0 radical (unpaired) electrons. The average molecular weight is 478 g/mol. The second-order valence-corrected chi connectivity index (χ2v) is 10.6. The molecule has 164 valence electrons. The van der Waals surface area contributed by atoms with E-state index in [9.17, 15) is 8.42 Å². The van der Waals surface area contributed by atoms with Gasteiger partial charge in [-0.15, -0.1) is 0 Å². The van der Waals surface area contributed by atoms with E-state index >= 15 is 0 Å². The van der Waals surface area contributed by atoms with E-state index in [1.807, 2.05) is 7.05 Å². The van der Waals surface area contributed by atoms with Gasteiger partial charge in [-0.2, -0.15) is 5.10 Å². The molecule has 1 aromatic carbocycles. The molecule has 1 aliphatic carbocycles. The first-order valence-electron chi connectivity index (χ1n) is 10.2. The van der Waals surface area contributed by atoms with Crippen molar-refractivity contribution in [3.8, 4) is 10.6 Å². The molecule has 1 aliphatic rings. The number of aromatic nitrogens is 3. The van der Waals surface area contributed by atoms with Crippen molar-refractivity contribution in [1.82, 2.24) is 19.5 Å². The predicted octanol–water partition coefficient (Wildman–Crippen LogP) is 3.91. The number of pyridine rings is 1. The molecule has 4 rings (SSSR count). The van der Waals surface area contributed by atoms with Crippen molar-refractivity contribution in [2.75, 3.05) is 0 Å². The zero-order valence-corrected chi connectivity index (χ0v) is 19.6. The first kappa shape index (κ1) is 22.1. The molecule has 3 aromatic rings. The molecular formula is C21H24ClN5O2S2. The minimum atomic E-state index is -3.75. The third kappa shape index (κ3) is 5.23. The zero-order valence-electron chi connectivity index (χ0n) is 17.2. The lowest BCUT2D eigenvalue weighted by molar-refractivity contribution is 0.434. The van der Waals surface area contributed by atoms with Crippen molar-refractivity contribution in [3.63, 3.8) is 0 Å². The van der Waals surface area contributed by atoms with Gasteiger partial charge in [-0.3, -0.25) is 9.98 Å². The largest absolute Gasteiger partial charge is 0.264 e. The molecule has 7 nitrogen and oxygen atoms in total. The number of hydrogen-bond donors (Lipinski definition) is 1. The van der Waals surface area contributed by atoms with Crippen molar-refractivity contribution in [2.45, 2.75) is 49.6 Å². The van der Waals surface area contributed by atoms with Gasteiger partial charge in [-0.1, -0.05) is 54.3 Å². The summed E-state index contributed by atoms with van der Waals surface area (Å²) in [4.78, 5) is 10.0. The molecule has 0 saturated heterocycles. The molecule has 2 aromatic heterocycles. The molecular weight excluding hydrogens is 454 g/mol. The molecule has 31 heavy (non-hydrogen) atoms. The van der Waals surface area contributed by atoms with Crippen molar-refractivity contribution in [1.29, 1.82) is 0 Å². The smallest absolute Gasteiger partial charge is 0.242 e. The second-order valence-electron chi connectivity index (χ2n) is 7.52. The first-order chi connectivity index (χ1) is 14.9. The summed E-state index contributed by atoms with van der Waals surface area (Å²) in [5.41, 5.74) is 1.57. The second kappa shape index (κ2) is 9.60. The Labute approximate surface area is 190 Å². The van der Waals surface area contributed by atoms with Crippen molar-refractivity contribution in [3.05, 3.63) is 58.1 Å². The third-order valence-corrected chi connectivity index (χ3v) is 8.24. The van der Waals surface area contributed by atoms with Crippen LogP contribution in [0.5, 0.6) is 0 Å². The number of rotatable bonds is 6. The van der Waals surface area contributed by atoms with Gasteiger partial charge in [0.05, 0.1) is 11.1 Å². The van der Waals surface area contributed by atoms with E-state index in [0.29, 0.717) is 6.04 Å². The number of benzene rings is 1. The van der Waals surface area contributed by atoms with E-state index in [1.54, 1.807) is 41.3 Å². The lowest BCUT2D eigenvalue weighted by Gasteiger charge is -2.16. The van der Waals surface area contributed by atoms with Crippen LogP contribution in [-0.2, 0) is 23.6 Å². The first-order valence-corrected chi connectivity index (χ1v) is 12.9. The summed E-state index contributed by atoms with van der Waals surface area (Å²) in [5, 5.41) is 5.57. The maximum atomic E-state index is 12.7. The number of nitrogens with one attached hydrogen (secondary N) is 1. The number of halogens is 1. The van der Waals surface area contributed by atoms with Crippen molar-refractivity contribution >= 4 is 33.0 Å². The highest BCUT2D eigenvalue weighted by Gasteiger charge is 2.19. The molecule has 0 atom stereocenters. The number of sulfonamides is 1. The molecule has 1 N–H and O–H groups in total. The highest BCUT2D eigenvalue weighted by Crippen LogP contribution is 2.25. The van der Waals surface area contributed by atoms with Gasteiger partial charge < -0.3 is 0 Å². The fourth-order valence-corrected chi connectivity index (χ4v) is 6.15. The molecule has 0 amide bonds. The minimum Gasteiger partial charge on any atom is -0.264 e. The van der Waals surface area contributed by atoms with Crippen LogP contribution in [0.15, 0.2) is 52.6 Å². The predicted molar refractivity (Wildman–Crippen MR) is 122 cm³/mol. The maximum absolute atomic E-state index is 12.7. The van der Waals surface area contributed by atoms with Crippen LogP contribution in [0.1, 0.15) is 37.7 Å². The Balaban J connectivity index is 1.59. The van der Waals surface area contributed by atoms with E-state index < -0.39 is 10.0 Å². The highest BCUT2D eigenvalue weighted by atomic mass is 35.5. The van der Waals surface area contributed by atoms with Gasteiger partial charge in [-0.25, -0.2) is 17.8 Å². The Hall–Kier alpha value is -2.07. The molecule has 0 aliphatic heterocycles. The summed E-state index contributed by atoms with van der Waals surface area (Å²) in [6, 6.07) is 8.53. The van der Waals surface area contributed by atoms with Crippen LogP contribution >= 0.6 is 22.9 Å². The number of hydrogen-bond acceptors (Lipinski definition) is 6. The molecule has 1 fully saturated rings. The quantitative estimate of drug-likeness (QED) is 0.582. The highest BCUT2D eigenvalue weighted by molar-refractivity contribution is 7.89. The number of nitrogens with zero attached hydrogens (tertiary/aromatic N) is 4. The molecule has 0 bridgehead atoms. The van der Waals surface area contributed by atoms with E-state index in [-0.39, 0.29) is 16.5 Å². The Bertz CT molecular complexity index is 1230. The van der Waals surface area contributed by atoms with Crippen LogP contribution in [-0.4, -0.2) is 29.2 Å². The zero-order chi connectivity index (χ0) is 21.8. The van der Waals surface area contributed by atoms with E-state index in [2.05, 4.69) is 14.8 Å². The van der Waals surface area contributed by atoms with Gasteiger partial charge in [0.25, 0.3) is 0 Å². The Morgan fingerprint density at radius 3 is 2.77 bits per heavy atom. The van der Waals surface area contributed by atoms with Gasteiger partial charge >= 0.3 is 0 Å². The van der Waals surface area contributed by atoms with Gasteiger partial charge in [0.1, 0.15) is 9.90 Å². The van der Waals surface area contributed by atoms with Crippen LogP contribution < -0.4 is 9.52 Å². The maximum Gasteiger partial charge on any atom is 0.242 e. The lowest BCUT2D eigenvalue weighted by Crippen LogP contribution is -2.23. The standard InChI is InChI=1S/C21H24ClN5O2S2/c1-27-21(25-16-7-3-2-4-8-16)30-20(26-27)17-14-23-12-11-15(17)13-24-31(28,29)19-10-6-5-9-18(19)22/h5-6,9-12,14,16,24H,2-4,7-8,13H2,1H3. The fraction of sp³-hybridized carbons (Fsp3) is 0.381. The normalized spacial score (nSPS) is 16.0. The van der Waals surface area contributed by atoms with Gasteiger partial charge in [-0.05, 0) is 36.6 Å². The van der Waals surface area contributed by atoms with Crippen LogP contribution in [0.4, 0.5) is 0 Å². The Morgan fingerprint density at radius 2 is 2.00 bits per heavy atom. The van der Waals surface area contributed by atoms with E-state index in [1.165, 1.54) is 36.7 Å². The summed E-state index contributed by atoms with van der Waals surface area (Å²) in [7, 11) is -1.87. The topological polar surface area (TPSA) is 89.2 Å². The monoisotopic (exact) mass is 477 g/mol. The van der Waals surface area contributed by atoms with Crippen molar-refractivity contribution < 1.29 is 8.42 Å². The van der Waals surface area contributed by atoms with Crippen LogP contribution in [0.2, 0.25) is 5.02 Å². The van der Waals surface area contributed by atoms with Gasteiger partial charge in [0, 0.05) is 31.5 Å². The Morgan fingerprint density at radius 1 is 1.23 bits per heavy atom. The summed E-state index contributed by atoms with van der Waals surface area (Å²) < 4.78 is 29.8. The van der Waals surface area contributed by atoms with E-state index in [4.69, 9.17) is 16.6 Å². The summed E-state index contributed by atoms with van der Waals surface area (Å²) in [6.45, 7) is 0.101. The van der Waals surface area contributed by atoms with Crippen LogP contribution in [0, 0.1) is 0 Å². The van der Waals surface area contributed by atoms with Gasteiger partial charge in [0.15, 0.2) is 0 Å².